The summed E-state index contributed by atoms with van der Waals surface area (Å²) in [5.74, 6) is 0.183. The predicted molar refractivity (Wildman–Crippen MR) is 123 cm³/mol. The van der Waals surface area contributed by atoms with Gasteiger partial charge in [0, 0.05) is 17.2 Å². The molecular weight excluding hydrogens is 386 g/mol. The van der Waals surface area contributed by atoms with E-state index in [1.807, 2.05) is 67.1 Å². The zero-order chi connectivity index (χ0) is 22.0. The Morgan fingerprint density at radius 2 is 1.77 bits per heavy atom. The molecule has 0 spiro atoms. The van der Waals surface area contributed by atoms with Crippen molar-refractivity contribution in [2.75, 3.05) is 0 Å². The number of amides is 1. The molecule has 3 atom stereocenters. The van der Waals surface area contributed by atoms with Crippen molar-refractivity contribution in [1.82, 2.24) is 15.1 Å². The molecule has 1 aliphatic carbocycles. The Morgan fingerprint density at radius 1 is 1.06 bits per heavy atom. The minimum atomic E-state index is -0.393. The average molecular weight is 416 g/mol. The molecule has 5 nitrogen and oxygen atoms in total. The van der Waals surface area contributed by atoms with Crippen LogP contribution in [0.25, 0.3) is 5.69 Å². The van der Waals surface area contributed by atoms with Gasteiger partial charge in [-0.2, -0.15) is 5.10 Å². The van der Waals surface area contributed by atoms with Gasteiger partial charge in [-0.3, -0.25) is 0 Å². The fraction of sp³-hybridized carbons (Fsp3) is 0.308. The molecule has 0 bridgehead atoms. The normalized spacial score (nSPS) is 18.7. The van der Waals surface area contributed by atoms with Gasteiger partial charge in [0.1, 0.15) is 6.10 Å². The first-order valence-electron chi connectivity index (χ1n) is 10.8. The number of aromatic nitrogens is 2. The van der Waals surface area contributed by atoms with Crippen LogP contribution in [0.15, 0.2) is 66.7 Å². The number of allylic oxidation sites excluding steroid dienone is 1. The summed E-state index contributed by atoms with van der Waals surface area (Å²) in [6.45, 7) is 8.21. The molecule has 1 aromatic heterocycles. The topological polar surface area (TPSA) is 56.2 Å². The number of hydrogen-bond acceptors (Lipinski definition) is 3. The zero-order valence-corrected chi connectivity index (χ0v) is 18.5. The van der Waals surface area contributed by atoms with E-state index < -0.39 is 6.09 Å². The molecule has 1 N–H and O–H groups in total. The van der Waals surface area contributed by atoms with E-state index >= 15 is 0 Å². The molecule has 1 heterocycles. The molecule has 4 rings (SSSR count). The van der Waals surface area contributed by atoms with Crippen molar-refractivity contribution in [1.29, 1.82) is 0 Å². The maximum absolute atomic E-state index is 12.4. The van der Waals surface area contributed by atoms with Crippen LogP contribution in [0.4, 0.5) is 4.79 Å². The first-order valence-corrected chi connectivity index (χ1v) is 10.8. The van der Waals surface area contributed by atoms with E-state index in [9.17, 15) is 4.79 Å². The Balaban J connectivity index is 1.42. The number of nitrogens with one attached hydrogen (secondary N) is 1. The summed E-state index contributed by atoms with van der Waals surface area (Å²) < 4.78 is 7.71. The molecular formula is C26H29N3O2. The third-order valence-electron chi connectivity index (χ3n) is 6.00. The van der Waals surface area contributed by atoms with Crippen LogP contribution in [0.3, 0.4) is 0 Å². The predicted octanol–water partition coefficient (Wildman–Crippen LogP) is 5.70. The maximum Gasteiger partial charge on any atom is 0.408 e. The number of ether oxygens (including phenoxy) is 1. The fourth-order valence-corrected chi connectivity index (χ4v) is 4.37. The summed E-state index contributed by atoms with van der Waals surface area (Å²) in [4.78, 5) is 12.4. The molecule has 31 heavy (non-hydrogen) atoms. The Kier molecular flexibility index (Phi) is 5.94. The van der Waals surface area contributed by atoms with Crippen molar-refractivity contribution in [3.05, 3.63) is 94.8 Å². The number of benzene rings is 2. The molecule has 0 aliphatic heterocycles. The lowest BCUT2D eigenvalue weighted by Gasteiger charge is -2.18. The third-order valence-corrected chi connectivity index (χ3v) is 6.00. The molecule has 0 fully saturated rings. The van der Waals surface area contributed by atoms with Gasteiger partial charge in [0.2, 0.25) is 0 Å². The summed E-state index contributed by atoms with van der Waals surface area (Å²) in [5, 5.41) is 7.73. The highest BCUT2D eigenvalue weighted by atomic mass is 16.6. The Hall–Kier alpha value is -3.34. The number of carbonyl (C=O) groups is 1. The molecule has 1 amide bonds. The van der Waals surface area contributed by atoms with Crippen molar-refractivity contribution < 1.29 is 9.53 Å². The van der Waals surface area contributed by atoms with Gasteiger partial charge in [-0.25, -0.2) is 9.48 Å². The Bertz CT molecular complexity index is 1100. The van der Waals surface area contributed by atoms with Crippen LogP contribution in [0.1, 0.15) is 53.4 Å². The van der Waals surface area contributed by atoms with E-state index in [2.05, 4.69) is 37.4 Å². The number of carbonyl (C=O) groups excluding carboxylic acids is 1. The van der Waals surface area contributed by atoms with E-state index in [0.717, 1.165) is 29.1 Å². The van der Waals surface area contributed by atoms with E-state index in [1.54, 1.807) is 0 Å². The minimum absolute atomic E-state index is 0.105. The van der Waals surface area contributed by atoms with Crippen molar-refractivity contribution in [2.24, 2.45) is 0 Å². The van der Waals surface area contributed by atoms with Crippen LogP contribution < -0.4 is 5.32 Å². The van der Waals surface area contributed by atoms with E-state index in [4.69, 9.17) is 9.84 Å². The van der Waals surface area contributed by atoms with Crippen LogP contribution in [0.2, 0.25) is 0 Å². The van der Waals surface area contributed by atoms with Crippen molar-refractivity contribution in [3.63, 3.8) is 0 Å². The third kappa shape index (κ3) is 4.41. The van der Waals surface area contributed by atoms with Gasteiger partial charge in [-0.05, 0) is 57.4 Å². The maximum atomic E-state index is 12.4. The van der Waals surface area contributed by atoms with Gasteiger partial charge in [-0.15, -0.1) is 0 Å². The van der Waals surface area contributed by atoms with Crippen LogP contribution in [-0.4, -0.2) is 22.0 Å². The summed E-state index contributed by atoms with van der Waals surface area (Å²) in [6.07, 6.45) is 4.22. The van der Waals surface area contributed by atoms with Crippen molar-refractivity contribution in [3.8, 4) is 5.69 Å². The first-order chi connectivity index (χ1) is 14.9. The molecule has 160 valence electrons. The lowest BCUT2D eigenvalue weighted by molar-refractivity contribution is 0.115. The molecule has 0 radical (unpaired) electrons. The van der Waals surface area contributed by atoms with Gasteiger partial charge in [0.25, 0.3) is 0 Å². The molecule has 0 saturated carbocycles. The van der Waals surface area contributed by atoms with Gasteiger partial charge in [0.05, 0.1) is 17.4 Å². The first kappa shape index (κ1) is 20.9. The quantitative estimate of drug-likeness (QED) is 0.544. The zero-order valence-electron chi connectivity index (χ0n) is 18.5. The molecule has 0 unspecified atom stereocenters. The average Bonchev–Trinajstić information content (AvgIpc) is 3.32. The summed E-state index contributed by atoms with van der Waals surface area (Å²) in [6, 6.07) is 18.0. The van der Waals surface area contributed by atoms with Crippen LogP contribution in [-0.2, 0) is 4.74 Å². The van der Waals surface area contributed by atoms with Crippen molar-refractivity contribution in [2.45, 2.75) is 52.2 Å². The SMILES string of the molecule is Cc1ccccc1-n1nc(C)c([C@@H]2C=C[C@@H](OC(=O)N[C@H](C)c3ccccc3)C2)c1C. The second kappa shape index (κ2) is 8.80. The van der Waals surface area contributed by atoms with Gasteiger partial charge in [0.15, 0.2) is 0 Å². The second-order valence-corrected chi connectivity index (χ2v) is 8.23. The van der Waals surface area contributed by atoms with E-state index in [0.29, 0.717) is 0 Å². The Morgan fingerprint density at radius 3 is 2.52 bits per heavy atom. The van der Waals surface area contributed by atoms with Gasteiger partial charge < -0.3 is 10.1 Å². The lowest BCUT2D eigenvalue weighted by atomic mass is 9.96. The largest absolute Gasteiger partial charge is 0.442 e. The summed E-state index contributed by atoms with van der Waals surface area (Å²) in [5.41, 5.74) is 6.69. The highest BCUT2D eigenvalue weighted by Gasteiger charge is 2.28. The molecule has 5 heteroatoms. The summed E-state index contributed by atoms with van der Waals surface area (Å²) >= 11 is 0. The molecule has 2 aromatic carbocycles. The lowest BCUT2D eigenvalue weighted by Crippen LogP contribution is -2.30. The van der Waals surface area contributed by atoms with Crippen molar-refractivity contribution >= 4 is 6.09 Å². The number of rotatable bonds is 5. The number of nitrogens with zero attached hydrogens (tertiary/aromatic N) is 2. The molecule has 1 aliphatic rings. The number of alkyl carbamates (subject to hydrolysis) is 1. The van der Waals surface area contributed by atoms with E-state index in [1.165, 1.54) is 11.1 Å². The Labute approximate surface area is 183 Å². The molecule has 3 aromatic rings. The molecule has 0 saturated heterocycles. The number of aryl methyl sites for hydroxylation is 2. The standard InChI is InChI=1S/C26H29N3O2/c1-17-10-8-9-13-24(17)29-20(4)25(19(3)28-29)22-14-15-23(16-22)31-26(30)27-18(2)21-11-6-5-7-12-21/h5-15,18,22-23H,16H2,1-4H3,(H,27,30)/t18-,22-,23-/m1/s1. The highest BCUT2D eigenvalue weighted by molar-refractivity contribution is 5.68. The minimum Gasteiger partial charge on any atom is -0.442 e. The van der Waals surface area contributed by atoms with Crippen LogP contribution >= 0.6 is 0 Å². The van der Waals surface area contributed by atoms with Crippen LogP contribution in [0, 0.1) is 20.8 Å². The van der Waals surface area contributed by atoms with E-state index in [-0.39, 0.29) is 18.1 Å². The second-order valence-electron chi connectivity index (χ2n) is 8.23. The summed E-state index contributed by atoms with van der Waals surface area (Å²) in [7, 11) is 0. The monoisotopic (exact) mass is 415 g/mol. The smallest absolute Gasteiger partial charge is 0.408 e. The highest BCUT2D eigenvalue weighted by Crippen LogP contribution is 2.35. The van der Waals surface area contributed by atoms with Gasteiger partial charge in [-0.1, -0.05) is 54.6 Å². The fourth-order valence-electron chi connectivity index (χ4n) is 4.37. The number of para-hydroxylation sites is 1. The van der Waals surface area contributed by atoms with Crippen LogP contribution in [0.5, 0.6) is 0 Å². The van der Waals surface area contributed by atoms with Gasteiger partial charge >= 0.3 is 6.09 Å². The number of hydrogen-bond donors (Lipinski definition) is 1.